The zero-order valence-electron chi connectivity index (χ0n) is 13.7. The Morgan fingerprint density at radius 2 is 2.14 bits per heavy atom. The minimum atomic E-state index is 0.211. The van der Waals surface area contributed by atoms with E-state index in [2.05, 4.69) is 32.9 Å². The quantitative estimate of drug-likeness (QED) is 0.685. The lowest BCUT2D eigenvalue weighted by atomic mass is 10.0. The van der Waals surface area contributed by atoms with Crippen molar-refractivity contribution in [2.75, 3.05) is 0 Å². The zero-order valence-corrected chi connectivity index (χ0v) is 14.5. The van der Waals surface area contributed by atoms with Crippen molar-refractivity contribution in [3.63, 3.8) is 0 Å². The van der Waals surface area contributed by atoms with Gasteiger partial charge in [-0.05, 0) is 37.1 Å². The highest BCUT2D eigenvalue weighted by Crippen LogP contribution is 2.21. The van der Waals surface area contributed by atoms with Crippen LogP contribution in [-0.2, 0) is 17.9 Å². The molecule has 1 unspecified atom stereocenters. The Morgan fingerprint density at radius 3 is 2.73 bits per heavy atom. The fraction of sp³-hybridized carbons (Fsp3) is 0.500. The van der Waals surface area contributed by atoms with Crippen LogP contribution in [0, 0.1) is 12.8 Å². The summed E-state index contributed by atoms with van der Waals surface area (Å²) in [6.07, 6.45) is 4.49. The Morgan fingerprint density at radius 1 is 1.32 bits per heavy atom. The predicted molar refractivity (Wildman–Crippen MR) is 90.7 cm³/mol. The number of hydrogen-bond donors (Lipinski definition) is 0. The fourth-order valence-electron chi connectivity index (χ4n) is 2.60. The normalized spacial score (nSPS) is 12.3. The van der Waals surface area contributed by atoms with Crippen LogP contribution in [0.5, 0.6) is 0 Å². The Bertz CT molecular complexity index is 574. The molecule has 0 bridgehead atoms. The molecule has 1 amide bonds. The van der Waals surface area contributed by atoms with Gasteiger partial charge in [-0.1, -0.05) is 26.7 Å². The molecule has 2 aromatic heterocycles. The van der Waals surface area contributed by atoms with Crippen molar-refractivity contribution in [1.82, 2.24) is 4.90 Å². The van der Waals surface area contributed by atoms with Gasteiger partial charge in [0.2, 0.25) is 5.91 Å². The first-order valence-electron chi connectivity index (χ1n) is 7.94. The van der Waals surface area contributed by atoms with Crippen LogP contribution < -0.4 is 0 Å². The van der Waals surface area contributed by atoms with E-state index in [0.717, 1.165) is 18.6 Å². The second kappa shape index (κ2) is 8.18. The lowest BCUT2D eigenvalue weighted by molar-refractivity contribution is -0.133. The first-order chi connectivity index (χ1) is 10.6. The molecule has 0 spiro atoms. The maximum atomic E-state index is 12.7. The van der Waals surface area contributed by atoms with E-state index in [9.17, 15) is 4.79 Å². The maximum Gasteiger partial charge on any atom is 0.223 e. The topological polar surface area (TPSA) is 33.5 Å². The highest BCUT2D eigenvalue weighted by atomic mass is 32.1. The van der Waals surface area contributed by atoms with Gasteiger partial charge in [-0.3, -0.25) is 4.79 Å². The molecule has 120 valence electrons. The molecule has 4 heteroatoms. The molecule has 2 rings (SSSR count). The molecule has 0 saturated carbocycles. The summed E-state index contributed by atoms with van der Waals surface area (Å²) in [6, 6.07) is 8.01. The van der Waals surface area contributed by atoms with Crippen molar-refractivity contribution in [2.24, 2.45) is 5.92 Å². The SMILES string of the molecule is CCCC(C)CC(=O)N(Cc1ccco1)Cc1ccc(C)s1. The molecule has 0 N–H and O–H groups in total. The number of thiophene rings is 1. The lowest BCUT2D eigenvalue weighted by Crippen LogP contribution is -2.30. The van der Waals surface area contributed by atoms with E-state index in [0.29, 0.717) is 25.4 Å². The van der Waals surface area contributed by atoms with Crippen molar-refractivity contribution < 1.29 is 9.21 Å². The fourth-order valence-corrected chi connectivity index (χ4v) is 3.51. The molecule has 0 aliphatic carbocycles. The van der Waals surface area contributed by atoms with Crippen molar-refractivity contribution in [1.29, 1.82) is 0 Å². The summed E-state index contributed by atoms with van der Waals surface area (Å²) in [7, 11) is 0. The Labute approximate surface area is 136 Å². The number of nitrogens with zero attached hydrogens (tertiary/aromatic N) is 1. The largest absolute Gasteiger partial charge is 0.467 e. The third-order valence-electron chi connectivity index (χ3n) is 3.73. The molecule has 2 aromatic rings. The number of rotatable bonds is 8. The first-order valence-corrected chi connectivity index (χ1v) is 8.75. The van der Waals surface area contributed by atoms with Crippen LogP contribution >= 0.6 is 11.3 Å². The van der Waals surface area contributed by atoms with E-state index in [4.69, 9.17) is 4.42 Å². The van der Waals surface area contributed by atoms with Gasteiger partial charge in [0.05, 0.1) is 19.4 Å². The van der Waals surface area contributed by atoms with Crippen LogP contribution in [0.25, 0.3) is 0 Å². The van der Waals surface area contributed by atoms with E-state index in [1.807, 2.05) is 17.0 Å². The van der Waals surface area contributed by atoms with Gasteiger partial charge in [0.1, 0.15) is 5.76 Å². The number of hydrogen-bond acceptors (Lipinski definition) is 3. The van der Waals surface area contributed by atoms with E-state index in [-0.39, 0.29) is 5.91 Å². The van der Waals surface area contributed by atoms with Crippen LogP contribution in [-0.4, -0.2) is 10.8 Å². The van der Waals surface area contributed by atoms with Gasteiger partial charge >= 0.3 is 0 Å². The minimum absolute atomic E-state index is 0.211. The molecular weight excluding hydrogens is 294 g/mol. The van der Waals surface area contributed by atoms with Crippen molar-refractivity contribution in [3.05, 3.63) is 46.0 Å². The molecule has 0 radical (unpaired) electrons. The first kappa shape index (κ1) is 16.8. The van der Waals surface area contributed by atoms with Gasteiger partial charge in [-0.2, -0.15) is 0 Å². The number of amides is 1. The summed E-state index contributed by atoms with van der Waals surface area (Å²) in [5.74, 6) is 1.48. The minimum Gasteiger partial charge on any atom is -0.467 e. The van der Waals surface area contributed by atoms with Gasteiger partial charge < -0.3 is 9.32 Å². The smallest absolute Gasteiger partial charge is 0.223 e. The Hall–Kier alpha value is -1.55. The van der Waals surface area contributed by atoms with Gasteiger partial charge in [-0.15, -0.1) is 11.3 Å². The van der Waals surface area contributed by atoms with Crippen LogP contribution in [0.4, 0.5) is 0 Å². The molecule has 0 aromatic carbocycles. The Kier molecular flexibility index (Phi) is 6.25. The lowest BCUT2D eigenvalue weighted by Gasteiger charge is -2.23. The molecular formula is C18H25NO2S. The zero-order chi connectivity index (χ0) is 15.9. The standard InChI is InChI=1S/C18H25NO2S/c1-4-6-14(2)11-18(20)19(12-16-7-5-10-21-16)13-17-9-8-15(3)22-17/h5,7-10,14H,4,6,11-13H2,1-3H3. The van der Waals surface area contributed by atoms with Gasteiger partial charge in [0.25, 0.3) is 0 Å². The molecule has 3 nitrogen and oxygen atoms in total. The third-order valence-corrected chi connectivity index (χ3v) is 4.71. The average Bonchev–Trinajstić information content (AvgIpc) is 3.10. The van der Waals surface area contributed by atoms with Gasteiger partial charge in [-0.25, -0.2) is 0 Å². The third kappa shape index (κ3) is 5.02. The molecule has 1 atom stereocenters. The number of aryl methyl sites for hydroxylation is 1. The van der Waals surface area contributed by atoms with Gasteiger partial charge in [0.15, 0.2) is 0 Å². The van der Waals surface area contributed by atoms with Crippen molar-refractivity contribution in [3.8, 4) is 0 Å². The molecule has 0 saturated heterocycles. The molecule has 2 heterocycles. The maximum absolute atomic E-state index is 12.7. The average molecular weight is 319 g/mol. The highest BCUT2D eigenvalue weighted by molar-refractivity contribution is 7.11. The second-order valence-electron chi connectivity index (χ2n) is 5.94. The second-order valence-corrected chi connectivity index (χ2v) is 7.31. The molecule has 22 heavy (non-hydrogen) atoms. The summed E-state index contributed by atoms with van der Waals surface area (Å²) in [6.45, 7) is 7.62. The van der Waals surface area contributed by atoms with E-state index in [1.54, 1.807) is 17.6 Å². The van der Waals surface area contributed by atoms with E-state index in [1.165, 1.54) is 9.75 Å². The number of carbonyl (C=O) groups excluding carboxylic acids is 1. The Balaban J connectivity index is 2.04. The summed E-state index contributed by atoms with van der Waals surface area (Å²) in [5.41, 5.74) is 0. The number of carbonyl (C=O) groups is 1. The number of furan rings is 1. The summed E-state index contributed by atoms with van der Waals surface area (Å²) in [5, 5.41) is 0. The summed E-state index contributed by atoms with van der Waals surface area (Å²) < 4.78 is 5.42. The monoisotopic (exact) mass is 319 g/mol. The van der Waals surface area contributed by atoms with Crippen molar-refractivity contribution in [2.45, 2.75) is 53.1 Å². The van der Waals surface area contributed by atoms with Crippen molar-refractivity contribution >= 4 is 17.2 Å². The predicted octanol–water partition coefficient (Wildman–Crippen LogP) is 5.00. The van der Waals surface area contributed by atoms with Crippen LogP contribution in [0.2, 0.25) is 0 Å². The van der Waals surface area contributed by atoms with Gasteiger partial charge in [0, 0.05) is 16.2 Å². The van der Waals surface area contributed by atoms with E-state index < -0.39 is 0 Å². The molecule has 0 fully saturated rings. The summed E-state index contributed by atoms with van der Waals surface area (Å²) in [4.78, 5) is 17.1. The van der Waals surface area contributed by atoms with E-state index >= 15 is 0 Å². The van der Waals surface area contributed by atoms with Crippen LogP contribution in [0.1, 0.15) is 48.6 Å². The molecule has 0 aliphatic heterocycles. The van der Waals surface area contributed by atoms with Crippen LogP contribution in [0.15, 0.2) is 34.9 Å². The highest BCUT2D eigenvalue weighted by Gasteiger charge is 2.18. The van der Waals surface area contributed by atoms with Crippen LogP contribution in [0.3, 0.4) is 0 Å². The summed E-state index contributed by atoms with van der Waals surface area (Å²) >= 11 is 1.75. The molecule has 0 aliphatic rings.